The van der Waals surface area contributed by atoms with Crippen LogP contribution in [0.4, 0.5) is 5.69 Å². The number of para-hydroxylation sites is 3. The zero-order valence-corrected chi connectivity index (χ0v) is 89.9. The van der Waals surface area contributed by atoms with Gasteiger partial charge in [0, 0.05) is 52.5 Å². The van der Waals surface area contributed by atoms with Gasteiger partial charge in [0.05, 0.1) is 0 Å². The predicted molar refractivity (Wildman–Crippen MR) is 604 cm³/mol. The van der Waals surface area contributed by atoms with Crippen molar-refractivity contribution in [2.45, 2.75) is 157 Å². The first-order valence-electron chi connectivity index (χ1n) is 47.1. The van der Waals surface area contributed by atoms with E-state index in [1.807, 2.05) is 0 Å². The number of nitrogens with zero attached hydrogens (tertiary/aromatic N) is 1. The monoisotopic (exact) mass is 1920 g/mol. The van der Waals surface area contributed by atoms with Gasteiger partial charge in [-0.2, -0.15) is 0 Å². The minimum absolute atomic E-state index is 0. The number of ether oxygens (including phenoxy) is 1. The molecule has 11 heteroatoms. The van der Waals surface area contributed by atoms with Crippen LogP contribution in [0, 0.1) is 14.9 Å². The second-order valence-electron chi connectivity index (χ2n) is 37.0. The van der Waals surface area contributed by atoms with Gasteiger partial charge in [-0.15, -0.1) is 23.8 Å². The average molecular weight is 1920 g/mol. The summed E-state index contributed by atoms with van der Waals surface area (Å²) in [5.74, 6) is 2.02. The van der Waals surface area contributed by atoms with Crippen LogP contribution >= 0.6 is 63.4 Å². The first-order valence-corrected chi connectivity index (χ1v) is 63.0. The van der Waals surface area contributed by atoms with E-state index in [0.717, 1.165) is 34.1 Å². The molecule has 5 aliphatic rings. The molecule has 0 saturated heterocycles. The number of hydrogen-bond donors (Lipinski definition) is 0. The largest absolute Gasteiger partial charge is 2.00 e. The van der Waals surface area contributed by atoms with Crippen molar-refractivity contribution < 1.29 is 21.8 Å². The first kappa shape index (κ1) is 106. The zero-order valence-electron chi connectivity index (χ0n) is 81.7. The summed E-state index contributed by atoms with van der Waals surface area (Å²) in [7, 11) is 3.46. The molecule has 686 valence electrons. The molecule has 4 aliphatic carbocycles. The van der Waals surface area contributed by atoms with Crippen LogP contribution in [0.2, 0.25) is 0 Å². The molecule has 0 aromatic heterocycles. The molecular formula is C120H147FeNOP8. The van der Waals surface area contributed by atoms with Crippen LogP contribution in [-0.2, 0) is 22.5 Å². The van der Waals surface area contributed by atoms with E-state index in [9.17, 15) is 0 Å². The van der Waals surface area contributed by atoms with E-state index in [1.165, 1.54) is 230 Å². The smallest absolute Gasteiger partial charge is 0.455 e. The van der Waals surface area contributed by atoms with E-state index in [2.05, 4.69) is 446 Å². The molecule has 0 amide bonds. The Balaban J connectivity index is 0.000000177. The summed E-state index contributed by atoms with van der Waals surface area (Å²) in [5.41, 5.74) is 16.0. The maximum absolute atomic E-state index is 7.26. The molecule has 131 heavy (non-hydrogen) atoms. The summed E-state index contributed by atoms with van der Waals surface area (Å²) < 4.78 is 7.26. The summed E-state index contributed by atoms with van der Waals surface area (Å²) in [6.07, 6.45) is 26.6. The first-order chi connectivity index (χ1) is 62.3. The molecule has 1 aliphatic heterocycles. The van der Waals surface area contributed by atoms with Crippen molar-refractivity contribution in [1.29, 1.82) is 0 Å². The number of benzene rings is 14. The van der Waals surface area contributed by atoms with Crippen molar-refractivity contribution in [3.8, 4) is 44.9 Å². The van der Waals surface area contributed by atoms with E-state index >= 15 is 0 Å². The minimum atomic E-state index is -0.824. The van der Waals surface area contributed by atoms with E-state index in [-0.39, 0.29) is 61.1 Å². The third-order valence-corrected chi connectivity index (χ3v) is 41.0. The number of anilines is 1. The van der Waals surface area contributed by atoms with Crippen LogP contribution in [-0.4, -0.2) is 110 Å². The van der Waals surface area contributed by atoms with Gasteiger partial charge in [0.2, 0.25) is 0 Å². The molecule has 14 aromatic rings. The summed E-state index contributed by atoms with van der Waals surface area (Å²) >= 11 is 0. The maximum Gasteiger partial charge on any atom is 2.00 e. The molecule has 0 atom stereocenters. The van der Waals surface area contributed by atoms with Crippen molar-refractivity contribution in [2.24, 2.45) is 0 Å². The Morgan fingerprint density at radius 3 is 0.985 bits per heavy atom. The molecule has 0 N–H and O–H groups in total. The van der Waals surface area contributed by atoms with Gasteiger partial charge in [-0.3, -0.25) is 0 Å². The van der Waals surface area contributed by atoms with Crippen LogP contribution in [0.25, 0.3) is 54.9 Å². The van der Waals surface area contributed by atoms with Crippen LogP contribution in [0.5, 0.6) is 11.5 Å². The number of hydrogen-bond acceptors (Lipinski definition) is 2. The molecule has 0 radical (unpaired) electrons. The topological polar surface area (TPSA) is 12.5 Å². The van der Waals surface area contributed by atoms with Crippen molar-refractivity contribution in [3.63, 3.8) is 0 Å². The maximum atomic E-state index is 7.26. The molecule has 0 spiro atoms. The fourth-order valence-corrected chi connectivity index (χ4v) is 33.1. The molecule has 0 unspecified atom stereocenters. The summed E-state index contributed by atoms with van der Waals surface area (Å²) in [5, 5.41) is 18.0. The molecule has 4 saturated carbocycles. The van der Waals surface area contributed by atoms with Crippen molar-refractivity contribution in [1.82, 2.24) is 0 Å². The Hall–Kier alpha value is -6.84. The third kappa shape index (κ3) is 28.2. The SMILES string of the molecule is CC1(C)c2cccc(P(c3ccccc3)c3ccccc3)c2Oc2c(P(c3ccccc3)c3ccccc3)cccc21.CN(C)c1ccccc1-c1ccccc1P(C)C.CP(C)C.CP(C)C1CCCC1.CP(C)C1CCCC1.CP(C)c1ccccc1-c1ccccc1.[CH3-].[CH3-].[Fe+2].c1ccc(P(C2CCCCC2)C2CCCCC2)c(-c2cc3ccccc3c3ccccc23)c1. The Morgan fingerprint density at radius 2 is 0.588 bits per heavy atom. The van der Waals surface area contributed by atoms with Gasteiger partial charge in [-0.1, -0.05) is 429 Å². The van der Waals surface area contributed by atoms with E-state index in [0.29, 0.717) is 23.8 Å². The van der Waals surface area contributed by atoms with E-state index < -0.39 is 15.8 Å². The Bertz CT molecular complexity index is 5400. The van der Waals surface area contributed by atoms with Gasteiger partial charge < -0.3 is 24.5 Å². The quantitative estimate of drug-likeness (QED) is 0.0390. The molecule has 4 fully saturated rings. The molecule has 2 nitrogen and oxygen atoms in total. The van der Waals surface area contributed by atoms with Gasteiger partial charge in [0.1, 0.15) is 11.5 Å². The van der Waals surface area contributed by atoms with Gasteiger partial charge in [-0.05, 0) is 262 Å². The van der Waals surface area contributed by atoms with E-state index in [1.54, 1.807) is 5.30 Å². The number of fused-ring (bicyclic) bond motifs is 5. The number of rotatable bonds is 17. The minimum Gasteiger partial charge on any atom is -0.455 e. The molecule has 19 rings (SSSR count). The zero-order chi connectivity index (χ0) is 89.9. The van der Waals surface area contributed by atoms with Crippen LogP contribution in [0.15, 0.2) is 340 Å². The molecule has 14 aromatic carbocycles. The standard InChI is InChI=1S/C39H32OP2.C32H35P.C16H20NP.C14H15P.2C7H15P.C3H9P.2CH3.Fe/c1-39(2)33-25-15-27-35(41(29-17-7-3-8-18-29)30-19-9-4-10-20-30)37(33)40-38-34(39)26-16-28-36(38)42(31-21-11-5-12-22-31)32-23-13-6-14-24-32;1-3-14-25(15-4-1)33(26-16-5-2-6-17-26)32-22-12-11-21-30(32)31-23-24-13-7-8-18-27(24)28-19-9-10-20-29(28)31;1-17(2)15-11-7-5-9-13(15)14-10-6-8-12-16(14)18(3)4;1-15(2)14-11-7-6-10-13(14)12-8-4-3-5-9-12;2*1-8(2)7-5-3-4-6-7;1-4(2)3;;;/h3-28H,1-2H3;7-13,18-23,25-26H,1-6,14-17H2;5-12H,1-4H3;3-11H,1-2H3;2*7H,3-6H2,1-2H3;1-3H3;2*1H3;/q;;;;;;;2*-1;+2. The Labute approximate surface area is 814 Å². The van der Waals surface area contributed by atoms with Gasteiger partial charge >= 0.3 is 17.1 Å². The fraction of sp³-hybridized carbons (Fsp3) is 0.317. The van der Waals surface area contributed by atoms with Crippen LogP contribution in [0.3, 0.4) is 0 Å². The van der Waals surface area contributed by atoms with Gasteiger partial charge in [0.15, 0.2) is 0 Å². The van der Waals surface area contributed by atoms with Crippen LogP contribution in [0.1, 0.15) is 141 Å². The second kappa shape index (κ2) is 53.6. The molecule has 1 heterocycles. The Morgan fingerprint density at radius 1 is 0.282 bits per heavy atom. The molecular weight excluding hydrogens is 1770 g/mol. The summed E-state index contributed by atoms with van der Waals surface area (Å²) in [6.45, 7) is 30.3. The van der Waals surface area contributed by atoms with Crippen molar-refractivity contribution in [2.75, 3.05) is 92.3 Å². The van der Waals surface area contributed by atoms with Crippen molar-refractivity contribution in [3.05, 3.63) is 366 Å². The fourth-order valence-electron chi connectivity index (χ4n) is 19.4. The van der Waals surface area contributed by atoms with E-state index in [4.69, 9.17) is 4.74 Å². The third-order valence-electron chi connectivity index (χ3n) is 25.9. The van der Waals surface area contributed by atoms with Crippen LogP contribution < -0.4 is 57.4 Å². The van der Waals surface area contributed by atoms with Gasteiger partial charge in [0.25, 0.3) is 0 Å². The second-order valence-corrected chi connectivity index (χ2v) is 56.7. The molecule has 0 bridgehead atoms. The Kier molecular flexibility index (Phi) is 43.5. The summed E-state index contributed by atoms with van der Waals surface area (Å²) in [4.78, 5) is 2.18. The normalized spacial score (nSPS) is 14.6. The average Bonchev–Trinajstić information content (AvgIpc) is 1.19. The summed E-state index contributed by atoms with van der Waals surface area (Å²) in [6, 6.07) is 124. The predicted octanol–water partition coefficient (Wildman–Crippen LogP) is 32.2. The van der Waals surface area contributed by atoms with Gasteiger partial charge in [-0.25, -0.2) is 0 Å². The van der Waals surface area contributed by atoms with Crippen molar-refractivity contribution >= 4 is 138 Å².